The number of aryl methyl sites for hydroxylation is 1. The van der Waals surface area contributed by atoms with E-state index in [1.54, 1.807) is 19.1 Å². The first-order valence-corrected chi connectivity index (χ1v) is 6.23. The van der Waals surface area contributed by atoms with Gasteiger partial charge in [-0.25, -0.2) is 9.37 Å². The Hall–Kier alpha value is -2.30. The Bertz CT molecular complexity index is 626. The van der Waals surface area contributed by atoms with Gasteiger partial charge >= 0.3 is 0 Å². The summed E-state index contributed by atoms with van der Waals surface area (Å²) in [7, 11) is 0. The van der Waals surface area contributed by atoms with Crippen molar-refractivity contribution in [3.05, 3.63) is 59.4 Å². The number of amides is 1. The number of hydrogen-bond acceptors (Lipinski definition) is 2. The summed E-state index contributed by atoms with van der Waals surface area (Å²) in [6.07, 6.45) is 1.08. The Balaban J connectivity index is 2.39. The van der Waals surface area contributed by atoms with Crippen LogP contribution in [0.1, 0.15) is 22.8 Å². The van der Waals surface area contributed by atoms with E-state index in [0.717, 1.165) is 11.8 Å². The Morgan fingerprint density at radius 1 is 1.20 bits per heavy atom. The van der Waals surface area contributed by atoms with Crippen molar-refractivity contribution < 1.29 is 13.6 Å². The van der Waals surface area contributed by atoms with Crippen LogP contribution >= 0.6 is 0 Å². The number of rotatable bonds is 3. The summed E-state index contributed by atoms with van der Waals surface area (Å²) >= 11 is 0. The molecule has 0 fully saturated rings. The maximum absolute atomic E-state index is 13.6. The molecule has 1 heterocycles. The lowest BCUT2D eigenvalue weighted by Crippen LogP contribution is -2.31. The van der Waals surface area contributed by atoms with Crippen LogP contribution in [0, 0.1) is 18.7 Å². The number of carbonyl (C=O) groups is 1. The minimum absolute atomic E-state index is 0.320. The summed E-state index contributed by atoms with van der Waals surface area (Å²) in [4.78, 5) is 16.9. The van der Waals surface area contributed by atoms with Crippen LogP contribution < -0.4 is 4.90 Å². The topological polar surface area (TPSA) is 33.2 Å². The Labute approximate surface area is 115 Å². The second-order valence-electron chi connectivity index (χ2n) is 4.35. The van der Waals surface area contributed by atoms with E-state index in [0.29, 0.717) is 12.2 Å². The molecule has 104 valence electrons. The summed E-state index contributed by atoms with van der Waals surface area (Å²) < 4.78 is 26.7. The molecule has 5 heteroatoms. The van der Waals surface area contributed by atoms with Gasteiger partial charge in [0.15, 0.2) is 5.82 Å². The molecule has 2 rings (SSSR count). The third-order valence-electron chi connectivity index (χ3n) is 2.98. The van der Waals surface area contributed by atoms with Crippen LogP contribution in [0.4, 0.5) is 14.5 Å². The zero-order valence-corrected chi connectivity index (χ0v) is 11.2. The Kier molecular flexibility index (Phi) is 4.08. The van der Waals surface area contributed by atoms with Crippen LogP contribution in [-0.4, -0.2) is 17.4 Å². The zero-order chi connectivity index (χ0) is 14.7. The molecular weight excluding hydrogens is 262 g/mol. The zero-order valence-electron chi connectivity index (χ0n) is 11.2. The molecule has 0 aliphatic rings. The number of nitrogens with zero attached hydrogens (tertiary/aromatic N) is 2. The van der Waals surface area contributed by atoms with Gasteiger partial charge in [-0.2, -0.15) is 4.39 Å². The fourth-order valence-electron chi connectivity index (χ4n) is 1.90. The molecule has 0 bridgehead atoms. The largest absolute Gasteiger partial charge is 0.309 e. The molecule has 0 aliphatic carbocycles. The van der Waals surface area contributed by atoms with Gasteiger partial charge in [0.1, 0.15) is 0 Å². The van der Waals surface area contributed by atoms with Crippen LogP contribution in [-0.2, 0) is 0 Å². The third-order valence-corrected chi connectivity index (χ3v) is 2.98. The molecule has 20 heavy (non-hydrogen) atoms. The Morgan fingerprint density at radius 3 is 2.45 bits per heavy atom. The van der Waals surface area contributed by atoms with Gasteiger partial charge in [-0.3, -0.25) is 4.79 Å². The molecule has 0 radical (unpaired) electrons. The second-order valence-corrected chi connectivity index (χ2v) is 4.35. The van der Waals surface area contributed by atoms with Crippen LogP contribution in [0.15, 0.2) is 36.5 Å². The van der Waals surface area contributed by atoms with Crippen molar-refractivity contribution in [2.45, 2.75) is 13.8 Å². The number of pyridine rings is 1. The molecular formula is C15H14F2N2O. The third kappa shape index (κ3) is 2.66. The molecule has 0 spiro atoms. The van der Waals surface area contributed by atoms with Gasteiger partial charge in [-0.05, 0) is 32.0 Å². The van der Waals surface area contributed by atoms with Gasteiger partial charge < -0.3 is 4.90 Å². The first kappa shape index (κ1) is 14.1. The van der Waals surface area contributed by atoms with E-state index >= 15 is 0 Å². The van der Waals surface area contributed by atoms with Crippen molar-refractivity contribution in [1.82, 2.24) is 4.98 Å². The van der Waals surface area contributed by atoms with Crippen molar-refractivity contribution in [2.75, 3.05) is 11.4 Å². The highest BCUT2D eigenvalue weighted by Crippen LogP contribution is 2.19. The maximum Gasteiger partial charge on any atom is 0.261 e. The van der Waals surface area contributed by atoms with Crippen LogP contribution in [0.3, 0.4) is 0 Å². The average molecular weight is 276 g/mol. The smallest absolute Gasteiger partial charge is 0.261 e. The van der Waals surface area contributed by atoms with Gasteiger partial charge in [-0.1, -0.05) is 17.7 Å². The monoisotopic (exact) mass is 276 g/mol. The molecule has 0 unspecified atom stereocenters. The van der Waals surface area contributed by atoms with Crippen LogP contribution in [0.2, 0.25) is 0 Å². The standard InChI is InChI=1S/C15H14F2N2O/c1-3-19(11-6-4-10(2)5-7-11)15(20)12-8-9-18-14(17)13(12)16/h4-9H,3H2,1-2H3. The quantitative estimate of drug-likeness (QED) is 0.806. The summed E-state index contributed by atoms with van der Waals surface area (Å²) in [5.74, 6) is -3.07. The lowest BCUT2D eigenvalue weighted by Gasteiger charge is -2.21. The van der Waals surface area contributed by atoms with E-state index in [2.05, 4.69) is 4.98 Å². The molecule has 1 amide bonds. The van der Waals surface area contributed by atoms with E-state index in [9.17, 15) is 13.6 Å². The van der Waals surface area contributed by atoms with Crippen molar-refractivity contribution >= 4 is 11.6 Å². The number of aromatic nitrogens is 1. The van der Waals surface area contributed by atoms with Gasteiger partial charge in [0, 0.05) is 18.4 Å². The molecule has 0 saturated carbocycles. The van der Waals surface area contributed by atoms with Gasteiger partial charge in [0.2, 0.25) is 5.95 Å². The van der Waals surface area contributed by atoms with Gasteiger partial charge in [0.25, 0.3) is 5.91 Å². The maximum atomic E-state index is 13.6. The molecule has 0 N–H and O–H groups in total. The van der Waals surface area contributed by atoms with Gasteiger partial charge in [0.05, 0.1) is 5.56 Å². The van der Waals surface area contributed by atoms with E-state index in [1.807, 2.05) is 19.1 Å². The van der Waals surface area contributed by atoms with Crippen LogP contribution in [0.5, 0.6) is 0 Å². The molecule has 2 aromatic rings. The molecule has 3 nitrogen and oxygen atoms in total. The van der Waals surface area contributed by atoms with E-state index in [1.165, 1.54) is 11.0 Å². The SMILES string of the molecule is CCN(C(=O)c1ccnc(F)c1F)c1ccc(C)cc1. The van der Waals surface area contributed by atoms with Crippen molar-refractivity contribution in [1.29, 1.82) is 0 Å². The van der Waals surface area contributed by atoms with Crippen molar-refractivity contribution in [3.63, 3.8) is 0 Å². The first-order chi connectivity index (χ1) is 9.54. The number of benzene rings is 1. The fourth-order valence-corrected chi connectivity index (χ4v) is 1.90. The second kappa shape index (κ2) is 5.77. The van der Waals surface area contributed by atoms with E-state index in [4.69, 9.17) is 0 Å². The van der Waals surface area contributed by atoms with Crippen molar-refractivity contribution in [3.8, 4) is 0 Å². The average Bonchev–Trinajstić information content (AvgIpc) is 2.44. The molecule has 1 aromatic carbocycles. The predicted octanol–water partition coefficient (Wildman–Crippen LogP) is 3.33. The van der Waals surface area contributed by atoms with Crippen molar-refractivity contribution in [2.24, 2.45) is 0 Å². The lowest BCUT2D eigenvalue weighted by molar-refractivity contribution is 0.0983. The predicted molar refractivity (Wildman–Crippen MR) is 72.7 cm³/mol. The summed E-state index contributed by atoms with van der Waals surface area (Å²) in [6, 6.07) is 8.43. The molecule has 0 aliphatic heterocycles. The molecule has 0 atom stereocenters. The molecule has 0 saturated heterocycles. The summed E-state index contributed by atoms with van der Waals surface area (Å²) in [5.41, 5.74) is 1.37. The fraction of sp³-hybridized carbons (Fsp3) is 0.200. The minimum atomic E-state index is -1.27. The number of hydrogen-bond donors (Lipinski definition) is 0. The van der Waals surface area contributed by atoms with Crippen LogP contribution in [0.25, 0.3) is 0 Å². The van der Waals surface area contributed by atoms with E-state index < -0.39 is 17.7 Å². The Morgan fingerprint density at radius 2 is 1.85 bits per heavy atom. The number of halogens is 2. The highest BCUT2D eigenvalue weighted by Gasteiger charge is 2.21. The number of carbonyl (C=O) groups excluding carboxylic acids is 1. The lowest BCUT2D eigenvalue weighted by atomic mass is 10.1. The summed E-state index contributed by atoms with van der Waals surface area (Å²) in [5, 5.41) is 0. The first-order valence-electron chi connectivity index (χ1n) is 6.23. The molecule has 1 aromatic heterocycles. The number of anilines is 1. The highest BCUT2D eigenvalue weighted by atomic mass is 19.2. The normalized spacial score (nSPS) is 10.4. The highest BCUT2D eigenvalue weighted by molar-refractivity contribution is 6.06. The van der Waals surface area contributed by atoms with E-state index in [-0.39, 0.29) is 5.56 Å². The summed E-state index contributed by atoms with van der Waals surface area (Å²) in [6.45, 7) is 4.05. The minimum Gasteiger partial charge on any atom is -0.309 e. The van der Waals surface area contributed by atoms with Gasteiger partial charge in [-0.15, -0.1) is 0 Å².